The molecule has 66 valence electrons. The molecule has 0 aromatic carbocycles. The molecule has 1 heterocycles. The average molecular weight is 179 g/mol. The van der Waals surface area contributed by atoms with Gasteiger partial charge in [0.25, 0.3) is 0 Å². The predicted molar refractivity (Wildman–Crippen MR) is 31.5 cm³/mol. The summed E-state index contributed by atoms with van der Waals surface area (Å²) in [5, 5.41) is 6.25. The lowest BCUT2D eigenvalue weighted by Crippen LogP contribution is -2.18. The molecule has 0 atom stereocenters. The topological polar surface area (TPSA) is 47.8 Å². The molecule has 0 bridgehead atoms. The smallest absolute Gasteiger partial charge is 0.296 e. The Kier molecular flexibility index (Phi) is 2.11. The standard InChI is InChI=1S/C5H4F3N3O/c6-5(7,8)3-11-1-4(2-12)9-10-11/h1-2H,3H2. The van der Waals surface area contributed by atoms with Gasteiger partial charge in [-0.1, -0.05) is 5.21 Å². The number of nitrogens with zero attached hydrogens (tertiary/aromatic N) is 3. The van der Waals surface area contributed by atoms with Crippen LogP contribution in [0.5, 0.6) is 0 Å². The van der Waals surface area contributed by atoms with Crippen LogP contribution >= 0.6 is 0 Å². The van der Waals surface area contributed by atoms with Crippen molar-refractivity contribution in [3.8, 4) is 0 Å². The molecule has 0 radical (unpaired) electrons. The van der Waals surface area contributed by atoms with Gasteiger partial charge in [-0.25, -0.2) is 4.68 Å². The Morgan fingerprint density at radius 3 is 2.67 bits per heavy atom. The van der Waals surface area contributed by atoms with Crippen LogP contribution in [0.15, 0.2) is 6.20 Å². The highest BCUT2D eigenvalue weighted by Crippen LogP contribution is 2.16. The van der Waals surface area contributed by atoms with E-state index in [4.69, 9.17) is 0 Å². The van der Waals surface area contributed by atoms with Crippen LogP contribution in [-0.4, -0.2) is 27.5 Å². The Labute approximate surface area is 65.0 Å². The van der Waals surface area contributed by atoms with E-state index in [2.05, 4.69) is 10.3 Å². The monoisotopic (exact) mass is 179 g/mol. The van der Waals surface area contributed by atoms with E-state index in [1.807, 2.05) is 0 Å². The lowest BCUT2D eigenvalue weighted by molar-refractivity contribution is -0.142. The lowest BCUT2D eigenvalue weighted by Gasteiger charge is -2.03. The van der Waals surface area contributed by atoms with Crippen molar-refractivity contribution >= 4 is 6.29 Å². The number of hydrogen-bond donors (Lipinski definition) is 0. The summed E-state index contributed by atoms with van der Waals surface area (Å²) in [6, 6.07) is 0. The summed E-state index contributed by atoms with van der Waals surface area (Å²) >= 11 is 0. The molecule has 0 N–H and O–H groups in total. The maximum absolute atomic E-state index is 11.7. The Morgan fingerprint density at radius 1 is 1.58 bits per heavy atom. The number of alkyl halides is 3. The van der Waals surface area contributed by atoms with Crippen LogP contribution in [0, 0.1) is 0 Å². The van der Waals surface area contributed by atoms with E-state index in [0.29, 0.717) is 11.0 Å². The first-order valence-electron chi connectivity index (χ1n) is 2.93. The third kappa shape index (κ3) is 2.33. The zero-order valence-corrected chi connectivity index (χ0v) is 5.75. The molecule has 1 aromatic heterocycles. The fourth-order valence-corrected chi connectivity index (χ4v) is 0.628. The molecule has 0 spiro atoms. The molecule has 0 amide bonds. The minimum atomic E-state index is -4.34. The Morgan fingerprint density at radius 2 is 2.25 bits per heavy atom. The van der Waals surface area contributed by atoms with Crippen molar-refractivity contribution in [1.82, 2.24) is 15.0 Å². The van der Waals surface area contributed by atoms with E-state index in [9.17, 15) is 18.0 Å². The van der Waals surface area contributed by atoms with Gasteiger partial charge in [0.05, 0.1) is 6.20 Å². The molecule has 7 heteroatoms. The summed E-state index contributed by atoms with van der Waals surface area (Å²) in [4.78, 5) is 9.99. The molecule has 0 saturated heterocycles. The van der Waals surface area contributed by atoms with Crippen LogP contribution in [0.2, 0.25) is 0 Å². The molecule has 0 aliphatic heterocycles. The second-order valence-corrected chi connectivity index (χ2v) is 2.07. The van der Waals surface area contributed by atoms with Gasteiger partial charge in [0, 0.05) is 0 Å². The van der Waals surface area contributed by atoms with Crippen LogP contribution in [0.4, 0.5) is 13.2 Å². The SMILES string of the molecule is O=Cc1cn(CC(F)(F)F)nn1. The van der Waals surface area contributed by atoms with Gasteiger partial charge in [-0.3, -0.25) is 4.79 Å². The third-order valence-electron chi connectivity index (χ3n) is 1.02. The van der Waals surface area contributed by atoms with E-state index in [-0.39, 0.29) is 5.69 Å². The molecular formula is C5H4F3N3O. The van der Waals surface area contributed by atoms with Crippen LogP contribution in [0.3, 0.4) is 0 Å². The molecule has 0 saturated carbocycles. The highest BCUT2D eigenvalue weighted by atomic mass is 19.4. The number of aldehydes is 1. The molecule has 1 rings (SSSR count). The molecule has 4 nitrogen and oxygen atoms in total. The van der Waals surface area contributed by atoms with Crippen molar-refractivity contribution in [3.05, 3.63) is 11.9 Å². The Balaban J connectivity index is 2.70. The molecule has 1 aromatic rings. The van der Waals surface area contributed by atoms with Crippen molar-refractivity contribution in [2.45, 2.75) is 12.7 Å². The minimum absolute atomic E-state index is 0.112. The molecule has 0 unspecified atom stereocenters. The lowest BCUT2D eigenvalue weighted by atomic mass is 10.5. The molecule has 0 aliphatic carbocycles. The van der Waals surface area contributed by atoms with Crippen LogP contribution in [0.25, 0.3) is 0 Å². The normalized spacial score (nSPS) is 11.6. The summed E-state index contributed by atoms with van der Waals surface area (Å²) in [6.45, 7) is -1.23. The van der Waals surface area contributed by atoms with Crippen molar-refractivity contribution in [3.63, 3.8) is 0 Å². The molecule has 0 fully saturated rings. The van der Waals surface area contributed by atoms with Gasteiger partial charge in [0.15, 0.2) is 6.29 Å². The van der Waals surface area contributed by atoms with Gasteiger partial charge >= 0.3 is 6.18 Å². The van der Waals surface area contributed by atoms with Crippen molar-refractivity contribution in [1.29, 1.82) is 0 Å². The van der Waals surface area contributed by atoms with Crippen molar-refractivity contribution in [2.75, 3.05) is 0 Å². The zero-order chi connectivity index (χ0) is 9.19. The Bertz CT molecular complexity index is 280. The van der Waals surface area contributed by atoms with E-state index in [0.717, 1.165) is 6.20 Å². The van der Waals surface area contributed by atoms with Crippen molar-refractivity contribution < 1.29 is 18.0 Å². The first-order valence-corrected chi connectivity index (χ1v) is 2.93. The van der Waals surface area contributed by atoms with Crippen molar-refractivity contribution in [2.24, 2.45) is 0 Å². The van der Waals surface area contributed by atoms with Crippen LogP contribution in [-0.2, 0) is 6.54 Å². The summed E-state index contributed by atoms with van der Waals surface area (Å²) in [7, 11) is 0. The maximum Gasteiger partial charge on any atom is 0.408 e. The number of rotatable bonds is 2. The average Bonchev–Trinajstić information content (AvgIpc) is 2.32. The fourth-order valence-electron chi connectivity index (χ4n) is 0.628. The number of carbonyl (C=O) groups excluding carboxylic acids is 1. The van der Waals surface area contributed by atoms with Crippen LogP contribution < -0.4 is 0 Å². The quantitative estimate of drug-likeness (QED) is 0.626. The van der Waals surface area contributed by atoms with Gasteiger partial charge in [0.2, 0.25) is 0 Å². The fraction of sp³-hybridized carbons (Fsp3) is 0.400. The van der Waals surface area contributed by atoms with E-state index in [1.54, 1.807) is 0 Å². The highest BCUT2D eigenvalue weighted by molar-refractivity contribution is 5.70. The summed E-state index contributed by atoms with van der Waals surface area (Å²) in [5.41, 5.74) is -0.112. The van der Waals surface area contributed by atoms with Gasteiger partial charge in [-0.05, 0) is 0 Å². The molecule has 0 aliphatic rings. The van der Waals surface area contributed by atoms with E-state index in [1.165, 1.54) is 0 Å². The number of carbonyl (C=O) groups is 1. The van der Waals surface area contributed by atoms with E-state index >= 15 is 0 Å². The number of hydrogen-bond acceptors (Lipinski definition) is 3. The number of halogens is 3. The van der Waals surface area contributed by atoms with E-state index < -0.39 is 12.7 Å². The predicted octanol–water partition coefficient (Wildman–Crippen LogP) is 0.653. The van der Waals surface area contributed by atoms with Crippen LogP contribution in [0.1, 0.15) is 10.5 Å². The molecular weight excluding hydrogens is 175 g/mol. The summed E-state index contributed by atoms with van der Waals surface area (Å²) in [6.07, 6.45) is -3.08. The second kappa shape index (κ2) is 2.92. The highest BCUT2D eigenvalue weighted by Gasteiger charge is 2.28. The minimum Gasteiger partial charge on any atom is -0.296 e. The van der Waals surface area contributed by atoms with Gasteiger partial charge in [-0.15, -0.1) is 5.10 Å². The van der Waals surface area contributed by atoms with Gasteiger partial charge < -0.3 is 0 Å². The first-order chi connectivity index (χ1) is 5.51. The second-order valence-electron chi connectivity index (χ2n) is 2.07. The largest absolute Gasteiger partial charge is 0.408 e. The maximum atomic E-state index is 11.7. The molecule has 12 heavy (non-hydrogen) atoms. The summed E-state index contributed by atoms with van der Waals surface area (Å²) in [5.74, 6) is 0. The zero-order valence-electron chi connectivity index (χ0n) is 5.75. The Hall–Kier alpha value is -1.40. The third-order valence-corrected chi connectivity index (χ3v) is 1.02. The van der Waals surface area contributed by atoms with Gasteiger partial charge in [-0.2, -0.15) is 13.2 Å². The number of aromatic nitrogens is 3. The summed E-state index contributed by atoms with van der Waals surface area (Å²) < 4.78 is 35.6. The van der Waals surface area contributed by atoms with Gasteiger partial charge in [0.1, 0.15) is 12.2 Å². The first kappa shape index (κ1) is 8.69.